The number of benzene rings is 1. The topological polar surface area (TPSA) is 58.1 Å². The molecule has 2 unspecified atom stereocenters. The average molecular weight is 363 g/mol. The molecular weight excluding hydrogens is 328 g/mol. The lowest BCUT2D eigenvalue weighted by molar-refractivity contribution is -0.0284. The Labute approximate surface area is 158 Å². The van der Waals surface area contributed by atoms with Crippen molar-refractivity contribution in [2.24, 2.45) is 10.9 Å². The highest BCUT2D eigenvalue weighted by atomic mass is 16.5. The predicted molar refractivity (Wildman–Crippen MR) is 107 cm³/mol. The monoisotopic (exact) mass is 362 g/mol. The number of aliphatic imine (C=N–C) groups is 1. The van der Waals surface area contributed by atoms with E-state index in [4.69, 9.17) is 9.47 Å². The van der Waals surface area contributed by atoms with Crippen LogP contribution in [0.5, 0.6) is 5.75 Å². The highest BCUT2D eigenvalue weighted by molar-refractivity contribution is 5.79. The van der Waals surface area contributed by atoms with Crippen LogP contribution in [0.4, 0.5) is 0 Å². The van der Waals surface area contributed by atoms with E-state index in [0.29, 0.717) is 12.5 Å². The van der Waals surface area contributed by atoms with Crippen LogP contribution in [0.25, 0.3) is 0 Å². The number of nitrogens with zero attached hydrogens (tertiary/aromatic N) is 2. The number of morpholine rings is 1. The van der Waals surface area contributed by atoms with Crippen molar-refractivity contribution in [1.82, 2.24) is 15.5 Å². The minimum absolute atomic E-state index is 0.0448. The number of ether oxygens (including phenoxy) is 2. The van der Waals surface area contributed by atoms with Gasteiger partial charge in [-0.15, -0.1) is 0 Å². The molecule has 2 N–H and O–H groups in total. The van der Waals surface area contributed by atoms with Crippen LogP contribution >= 0.6 is 0 Å². The summed E-state index contributed by atoms with van der Waals surface area (Å²) in [7, 11) is 1.78. The third-order valence-electron chi connectivity index (χ3n) is 4.20. The lowest BCUT2D eigenvalue weighted by Gasteiger charge is -2.34. The van der Waals surface area contributed by atoms with E-state index < -0.39 is 0 Å². The Hall–Kier alpha value is -1.79. The Balaban J connectivity index is 1.68. The normalized spacial score (nSPS) is 20.0. The molecule has 1 saturated heterocycles. The fourth-order valence-corrected chi connectivity index (χ4v) is 3.03. The molecule has 1 aromatic carbocycles. The first-order valence-electron chi connectivity index (χ1n) is 9.57. The second kappa shape index (κ2) is 11.0. The zero-order valence-electron chi connectivity index (χ0n) is 16.6. The van der Waals surface area contributed by atoms with Crippen molar-refractivity contribution in [3.63, 3.8) is 0 Å². The first-order chi connectivity index (χ1) is 12.6. The third kappa shape index (κ3) is 7.62. The van der Waals surface area contributed by atoms with Gasteiger partial charge in [0.15, 0.2) is 5.96 Å². The fourth-order valence-electron chi connectivity index (χ4n) is 3.03. The molecule has 0 saturated carbocycles. The van der Waals surface area contributed by atoms with Crippen LogP contribution in [-0.2, 0) is 4.74 Å². The molecule has 0 bridgehead atoms. The summed E-state index contributed by atoms with van der Waals surface area (Å²) in [6, 6.07) is 9.86. The van der Waals surface area contributed by atoms with Gasteiger partial charge >= 0.3 is 0 Å². The number of para-hydroxylation sites is 1. The highest BCUT2D eigenvalue weighted by Crippen LogP contribution is 2.10. The molecule has 1 aliphatic heterocycles. The Morgan fingerprint density at radius 2 is 2.04 bits per heavy atom. The van der Waals surface area contributed by atoms with Crippen LogP contribution < -0.4 is 15.4 Å². The number of hydrogen-bond donors (Lipinski definition) is 2. The van der Waals surface area contributed by atoms with E-state index in [1.807, 2.05) is 37.3 Å². The number of hydrogen-bond acceptors (Lipinski definition) is 4. The molecule has 2 atom stereocenters. The molecule has 1 heterocycles. The zero-order valence-corrected chi connectivity index (χ0v) is 16.6. The van der Waals surface area contributed by atoms with Crippen molar-refractivity contribution in [2.45, 2.75) is 33.0 Å². The van der Waals surface area contributed by atoms with Gasteiger partial charge < -0.3 is 20.1 Å². The van der Waals surface area contributed by atoms with Gasteiger partial charge in [0, 0.05) is 33.2 Å². The van der Waals surface area contributed by atoms with Gasteiger partial charge in [0.25, 0.3) is 0 Å². The van der Waals surface area contributed by atoms with Gasteiger partial charge in [0.1, 0.15) is 11.9 Å². The van der Waals surface area contributed by atoms with Gasteiger partial charge in [-0.1, -0.05) is 32.0 Å². The SMILES string of the molecule is CN=C(NCC(C)Oc1ccccc1)NCC1CN(CC(C)C)CCO1. The smallest absolute Gasteiger partial charge is 0.191 e. The molecule has 6 heteroatoms. The molecule has 6 nitrogen and oxygen atoms in total. The van der Waals surface area contributed by atoms with E-state index in [1.165, 1.54) is 0 Å². The number of guanidine groups is 1. The van der Waals surface area contributed by atoms with Crippen LogP contribution in [0.3, 0.4) is 0 Å². The molecule has 26 heavy (non-hydrogen) atoms. The van der Waals surface area contributed by atoms with Crippen LogP contribution in [-0.4, -0.2) is 69.4 Å². The largest absolute Gasteiger partial charge is 0.489 e. The Morgan fingerprint density at radius 3 is 2.73 bits per heavy atom. The highest BCUT2D eigenvalue weighted by Gasteiger charge is 2.21. The van der Waals surface area contributed by atoms with Crippen LogP contribution in [0.2, 0.25) is 0 Å². The van der Waals surface area contributed by atoms with Crippen molar-refractivity contribution in [1.29, 1.82) is 0 Å². The van der Waals surface area contributed by atoms with E-state index in [1.54, 1.807) is 7.05 Å². The summed E-state index contributed by atoms with van der Waals surface area (Å²) in [5.41, 5.74) is 0. The summed E-state index contributed by atoms with van der Waals surface area (Å²) in [6.07, 6.45) is 0.238. The van der Waals surface area contributed by atoms with Crippen molar-refractivity contribution >= 4 is 5.96 Å². The Kier molecular flexibility index (Phi) is 8.71. The van der Waals surface area contributed by atoms with Crippen LogP contribution in [0.1, 0.15) is 20.8 Å². The Morgan fingerprint density at radius 1 is 1.27 bits per heavy atom. The van der Waals surface area contributed by atoms with Gasteiger partial charge in [-0.25, -0.2) is 0 Å². The fraction of sp³-hybridized carbons (Fsp3) is 0.650. The van der Waals surface area contributed by atoms with Crippen molar-refractivity contribution in [3.05, 3.63) is 30.3 Å². The summed E-state index contributed by atoms with van der Waals surface area (Å²) in [6.45, 7) is 11.9. The molecule has 0 amide bonds. The summed E-state index contributed by atoms with van der Waals surface area (Å²) < 4.78 is 11.8. The molecular formula is C20H34N4O2. The second-order valence-corrected chi connectivity index (χ2v) is 7.22. The van der Waals surface area contributed by atoms with E-state index in [-0.39, 0.29) is 12.2 Å². The maximum atomic E-state index is 5.88. The molecule has 146 valence electrons. The lowest BCUT2D eigenvalue weighted by atomic mass is 10.2. The quantitative estimate of drug-likeness (QED) is 0.547. The molecule has 0 aromatic heterocycles. The zero-order chi connectivity index (χ0) is 18.8. The lowest BCUT2D eigenvalue weighted by Crippen LogP contribution is -2.50. The molecule has 0 spiro atoms. The van der Waals surface area contributed by atoms with Gasteiger partial charge in [-0.3, -0.25) is 9.89 Å². The predicted octanol–water partition coefficient (Wildman–Crippen LogP) is 1.98. The standard InChI is InChI=1S/C20H34N4O2/c1-16(2)14-24-10-11-25-19(15-24)13-23-20(21-4)22-12-17(3)26-18-8-6-5-7-9-18/h5-9,16-17,19H,10-15H2,1-4H3,(H2,21,22,23). The maximum absolute atomic E-state index is 5.88. The van der Waals surface area contributed by atoms with Crippen LogP contribution in [0.15, 0.2) is 35.3 Å². The molecule has 1 aliphatic rings. The van der Waals surface area contributed by atoms with Crippen molar-refractivity contribution in [3.8, 4) is 5.75 Å². The maximum Gasteiger partial charge on any atom is 0.191 e. The van der Waals surface area contributed by atoms with Crippen molar-refractivity contribution in [2.75, 3.05) is 46.4 Å². The van der Waals surface area contributed by atoms with E-state index in [9.17, 15) is 0 Å². The van der Waals surface area contributed by atoms with Gasteiger partial charge in [-0.05, 0) is 25.0 Å². The van der Waals surface area contributed by atoms with Gasteiger partial charge in [0.2, 0.25) is 0 Å². The summed E-state index contributed by atoms with van der Waals surface area (Å²) in [4.78, 5) is 6.77. The average Bonchev–Trinajstić information content (AvgIpc) is 2.62. The van der Waals surface area contributed by atoms with Crippen LogP contribution in [0, 0.1) is 5.92 Å². The first kappa shape index (κ1) is 20.5. The Bertz CT molecular complexity index is 536. The second-order valence-electron chi connectivity index (χ2n) is 7.22. The minimum atomic E-state index is 0.0448. The van der Waals surface area contributed by atoms with E-state index >= 15 is 0 Å². The molecule has 1 aromatic rings. The molecule has 2 rings (SSSR count). The van der Waals surface area contributed by atoms with E-state index in [0.717, 1.165) is 44.5 Å². The first-order valence-corrected chi connectivity index (χ1v) is 9.57. The molecule has 0 aliphatic carbocycles. The summed E-state index contributed by atoms with van der Waals surface area (Å²) in [5, 5.41) is 6.68. The van der Waals surface area contributed by atoms with Gasteiger partial charge in [0.05, 0.1) is 19.3 Å². The van der Waals surface area contributed by atoms with Gasteiger partial charge in [-0.2, -0.15) is 0 Å². The minimum Gasteiger partial charge on any atom is -0.489 e. The number of rotatable bonds is 8. The van der Waals surface area contributed by atoms with E-state index in [2.05, 4.69) is 34.4 Å². The van der Waals surface area contributed by atoms with Crippen molar-refractivity contribution < 1.29 is 9.47 Å². The number of nitrogens with one attached hydrogen (secondary N) is 2. The summed E-state index contributed by atoms with van der Waals surface area (Å²) >= 11 is 0. The summed E-state index contributed by atoms with van der Waals surface area (Å²) in [5.74, 6) is 2.34. The molecule has 0 radical (unpaired) electrons. The third-order valence-corrected chi connectivity index (χ3v) is 4.20. The molecule has 1 fully saturated rings.